The molecule has 1 aromatic carbocycles. The van der Waals surface area contributed by atoms with E-state index < -0.39 is 28.1 Å². The molecule has 1 aliphatic rings. The molecule has 1 fully saturated rings. The Morgan fingerprint density at radius 3 is 2.46 bits per heavy atom. The van der Waals surface area contributed by atoms with Gasteiger partial charge in [-0.1, -0.05) is 27.4 Å². The van der Waals surface area contributed by atoms with E-state index >= 15 is 0 Å². The van der Waals surface area contributed by atoms with Crippen LogP contribution in [0.4, 0.5) is 13.2 Å². The number of aromatic nitrogens is 2. The number of carbonyl (C=O) groups excluding carboxylic acids is 1. The zero-order valence-corrected chi connectivity index (χ0v) is 14.3. The predicted octanol–water partition coefficient (Wildman–Crippen LogP) is 2.39. The van der Waals surface area contributed by atoms with Crippen molar-refractivity contribution < 1.29 is 31.8 Å². The Kier molecular flexibility index (Phi) is 5.21. The first-order valence-electron chi connectivity index (χ1n) is 7.69. The summed E-state index contributed by atoms with van der Waals surface area (Å²) in [6, 6.07) is 6.13. The Morgan fingerprint density at radius 1 is 1.23 bits per heavy atom. The smallest absolute Gasteiger partial charge is 0.380 e. The van der Waals surface area contributed by atoms with Crippen LogP contribution in [0.1, 0.15) is 27.6 Å². The van der Waals surface area contributed by atoms with Crippen LogP contribution in [0, 0.1) is 0 Å². The van der Waals surface area contributed by atoms with E-state index in [0.717, 1.165) is 0 Å². The Balaban J connectivity index is 1.69. The molecule has 0 bridgehead atoms. The van der Waals surface area contributed by atoms with Gasteiger partial charge in [-0.3, -0.25) is 4.79 Å². The van der Waals surface area contributed by atoms with Crippen molar-refractivity contribution in [3.8, 4) is 0 Å². The minimum atomic E-state index is -4.68. The summed E-state index contributed by atoms with van der Waals surface area (Å²) in [5, 5.41) is 3.29. The summed E-state index contributed by atoms with van der Waals surface area (Å²) < 4.78 is 60.9. The molecule has 0 unspecified atom stereocenters. The lowest BCUT2D eigenvalue weighted by atomic mass is 10.1. The van der Waals surface area contributed by atoms with Crippen LogP contribution >= 0.6 is 0 Å². The number of nitrogens with zero attached hydrogens (tertiary/aromatic N) is 3. The highest BCUT2D eigenvalue weighted by molar-refractivity contribution is 8.00. The molecule has 7 nitrogen and oxygen atoms in total. The first-order chi connectivity index (χ1) is 12.3. The molecule has 3 rings (SSSR count). The van der Waals surface area contributed by atoms with E-state index in [1.807, 2.05) is 0 Å². The molecule has 0 radical (unpaired) electrons. The molecule has 0 aliphatic carbocycles. The molecule has 1 saturated heterocycles. The number of carbonyl (C=O) groups is 1. The number of hydrogen-bond acceptors (Lipinski definition) is 5. The molecule has 0 saturated carbocycles. The summed E-state index contributed by atoms with van der Waals surface area (Å²) in [5.41, 5.74) is 0.897. The normalized spacial score (nSPS) is 18.3. The molecule has 1 N–H and O–H groups in total. The van der Waals surface area contributed by atoms with Crippen molar-refractivity contribution in [3.05, 3.63) is 47.1 Å². The first kappa shape index (κ1) is 18.7. The molecule has 1 aliphatic heterocycles. The van der Waals surface area contributed by atoms with Gasteiger partial charge in [-0.2, -0.15) is 22.5 Å². The minimum Gasteiger partial charge on any atom is -0.380 e. The van der Waals surface area contributed by atoms with Gasteiger partial charge in [-0.05, 0) is 17.7 Å². The number of hydrogen-bond donors (Lipinski definition) is 2. The van der Waals surface area contributed by atoms with Crippen LogP contribution in [0.2, 0.25) is 0 Å². The van der Waals surface area contributed by atoms with Gasteiger partial charge >= 0.3 is 12.1 Å². The molecular weight excluding hydrogens is 375 g/mol. The quantitative estimate of drug-likeness (QED) is 0.780. The van der Waals surface area contributed by atoms with Crippen molar-refractivity contribution in [1.82, 2.24) is 10.1 Å². The van der Waals surface area contributed by atoms with Crippen molar-refractivity contribution >= 4 is 16.0 Å². The molecule has 0 spiro atoms. The second-order valence-electron chi connectivity index (χ2n) is 5.73. The van der Waals surface area contributed by atoms with Crippen LogP contribution in [0.5, 0.6) is 0 Å². The Bertz CT molecular complexity index is 839. The Labute approximate surface area is 147 Å². The van der Waals surface area contributed by atoms with Gasteiger partial charge in [-0.25, -0.2) is 0 Å². The molecule has 1 aromatic heterocycles. The molecule has 142 valence electrons. The van der Waals surface area contributed by atoms with Crippen LogP contribution < -0.4 is 0 Å². The fourth-order valence-corrected chi connectivity index (χ4v) is 4.07. The maximum Gasteiger partial charge on any atom is 0.471 e. The number of amides is 1. The summed E-state index contributed by atoms with van der Waals surface area (Å²) >= 11 is 0. The molecule has 2 aromatic rings. The summed E-state index contributed by atoms with van der Waals surface area (Å²) in [6.07, 6.45) is -4.66. The Morgan fingerprint density at radius 2 is 1.88 bits per heavy atom. The summed E-state index contributed by atoms with van der Waals surface area (Å²) in [6.45, 7) is 0.759. The van der Waals surface area contributed by atoms with E-state index in [1.54, 1.807) is 12.1 Å². The van der Waals surface area contributed by atoms with E-state index in [-0.39, 0.29) is 17.8 Å². The highest BCUT2D eigenvalue weighted by atomic mass is 32.3. The third kappa shape index (κ3) is 4.54. The van der Waals surface area contributed by atoms with Crippen LogP contribution in [0.25, 0.3) is 0 Å². The highest BCUT2D eigenvalue weighted by Gasteiger charge is 2.38. The van der Waals surface area contributed by atoms with Crippen molar-refractivity contribution in [2.24, 2.45) is 4.36 Å². The molecular formula is C15H16F3N3O4S. The Hall–Kier alpha value is -2.11. The maximum absolute atomic E-state index is 12.4. The van der Waals surface area contributed by atoms with E-state index in [9.17, 15) is 22.5 Å². The lowest BCUT2D eigenvalue weighted by molar-refractivity contribution is -0.159. The zero-order chi connectivity index (χ0) is 18.8. The molecule has 11 heteroatoms. The number of ether oxygens (including phenoxy) is 1. The highest BCUT2D eigenvalue weighted by Crippen LogP contribution is 2.27. The van der Waals surface area contributed by atoms with Gasteiger partial charge in [0.15, 0.2) is 5.82 Å². The second kappa shape index (κ2) is 7.25. The molecule has 26 heavy (non-hydrogen) atoms. The van der Waals surface area contributed by atoms with Crippen molar-refractivity contribution in [2.75, 3.05) is 24.7 Å². The third-order valence-corrected chi connectivity index (χ3v) is 6.09. The van der Waals surface area contributed by atoms with Crippen LogP contribution in [0.3, 0.4) is 0 Å². The van der Waals surface area contributed by atoms with Crippen LogP contribution in [-0.4, -0.2) is 45.3 Å². The van der Waals surface area contributed by atoms with E-state index in [2.05, 4.69) is 19.0 Å². The van der Waals surface area contributed by atoms with Gasteiger partial charge < -0.3 is 13.8 Å². The minimum absolute atomic E-state index is 0.0273. The van der Waals surface area contributed by atoms with Crippen LogP contribution in [0.15, 0.2) is 33.2 Å². The third-order valence-electron chi connectivity index (χ3n) is 3.74. The van der Waals surface area contributed by atoms with Gasteiger partial charge in [0, 0.05) is 23.5 Å². The predicted molar refractivity (Wildman–Crippen MR) is 87.2 cm³/mol. The standard InChI is InChI=1S/C15H16F3N3O4S/c16-15(17,18)14-19-12(20-25-14)9-10-1-3-11(4-2-10)13(22)21-26(23)7-5-24-6-8-26/h1-4,26H,5-9H2,(H,21,22,23). The fourth-order valence-electron chi connectivity index (χ4n) is 2.35. The largest absolute Gasteiger partial charge is 0.471 e. The topological polar surface area (TPSA) is 97.8 Å². The lowest BCUT2D eigenvalue weighted by Gasteiger charge is -2.27. The number of halogens is 3. The molecule has 1 amide bonds. The second-order valence-corrected chi connectivity index (χ2v) is 8.58. The van der Waals surface area contributed by atoms with Crippen molar-refractivity contribution in [3.63, 3.8) is 0 Å². The summed E-state index contributed by atoms with van der Waals surface area (Å²) in [7, 11) is -2.65. The first-order valence-corrected chi connectivity index (χ1v) is 9.76. The monoisotopic (exact) mass is 391 g/mol. The average Bonchev–Trinajstić information content (AvgIpc) is 3.04. The molecule has 2 heterocycles. The van der Waals surface area contributed by atoms with E-state index in [4.69, 9.17) is 4.74 Å². The SMILES string of the molecule is O=C(N=[SH]1(O)CCOCC1)c1ccc(Cc2noc(C(F)(F)F)n2)cc1. The molecule has 0 atom stereocenters. The fraction of sp³-hybridized carbons (Fsp3) is 0.400. The van der Waals surface area contributed by atoms with Gasteiger partial charge in [0.25, 0.3) is 5.91 Å². The number of rotatable bonds is 3. The van der Waals surface area contributed by atoms with Gasteiger partial charge in [-0.15, -0.1) is 0 Å². The number of benzene rings is 1. The summed E-state index contributed by atoms with van der Waals surface area (Å²) in [4.78, 5) is 15.5. The van der Waals surface area contributed by atoms with Crippen molar-refractivity contribution in [2.45, 2.75) is 12.6 Å². The van der Waals surface area contributed by atoms with Crippen LogP contribution in [-0.2, 0) is 27.4 Å². The van der Waals surface area contributed by atoms with E-state index in [0.29, 0.717) is 30.3 Å². The van der Waals surface area contributed by atoms with Gasteiger partial charge in [0.2, 0.25) is 0 Å². The van der Waals surface area contributed by atoms with Crippen molar-refractivity contribution in [1.29, 1.82) is 0 Å². The number of alkyl halides is 3. The number of thiol groups is 1. The lowest BCUT2D eigenvalue weighted by Crippen LogP contribution is -2.32. The van der Waals surface area contributed by atoms with Gasteiger partial charge in [0.05, 0.1) is 13.2 Å². The van der Waals surface area contributed by atoms with Gasteiger partial charge in [0.1, 0.15) is 0 Å². The maximum atomic E-state index is 12.4. The summed E-state index contributed by atoms with van der Waals surface area (Å²) in [5.74, 6) is -1.31. The average molecular weight is 391 g/mol. The zero-order valence-electron chi connectivity index (χ0n) is 13.4. The van der Waals surface area contributed by atoms with E-state index in [1.165, 1.54) is 12.1 Å².